The minimum Gasteiger partial charge on any atom is -0.548 e. The van der Waals surface area contributed by atoms with Crippen molar-refractivity contribution >= 4 is 40.3 Å². The number of rotatable bonds is 9. The fourth-order valence-electron chi connectivity index (χ4n) is 1.46. The molecule has 2 atom stereocenters. The van der Waals surface area contributed by atoms with Gasteiger partial charge in [0.2, 0.25) is 5.91 Å². The van der Waals surface area contributed by atoms with Crippen LogP contribution in [0.5, 0.6) is 0 Å². The minimum atomic E-state index is -1.87. The van der Waals surface area contributed by atoms with Crippen molar-refractivity contribution in [2.45, 2.75) is 43.1 Å². The molecule has 1 amide bonds. The molecule has 0 aromatic rings. The fraction of sp³-hybridized carbons (Fsp3) is 0.769. The first-order valence-electron chi connectivity index (χ1n) is 6.53. The van der Waals surface area contributed by atoms with E-state index in [2.05, 4.69) is 5.32 Å². The monoisotopic (exact) mass is 437 g/mol. The minimum absolute atomic E-state index is 0. The van der Waals surface area contributed by atoms with Gasteiger partial charge in [0, 0.05) is 18.4 Å². The molecule has 0 radical (unpaired) electrons. The first kappa shape index (κ1) is 24.5. The molecule has 0 saturated carbocycles. The third-order valence-corrected chi connectivity index (χ3v) is 4.57. The zero-order chi connectivity index (χ0) is 16.8. The molecule has 0 aromatic heterocycles. The van der Waals surface area contributed by atoms with Crippen LogP contribution in [0.2, 0.25) is 0 Å². The van der Waals surface area contributed by atoms with Crippen LogP contribution in [0.4, 0.5) is 0 Å². The molecule has 0 aliphatic heterocycles. The molecule has 3 N–H and O–H groups in total. The summed E-state index contributed by atoms with van der Waals surface area (Å²) in [5, 5.41) is 32.3. The molecule has 0 aromatic carbocycles. The van der Waals surface area contributed by atoms with Gasteiger partial charge in [0.05, 0.1) is 12.6 Å². The zero-order valence-corrected chi connectivity index (χ0v) is 17.5. The Hall–Kier alpha value is 0.260. The number of alkyl halides is 1. The number of amides is 1. The average molecular weight is 437 g/mol. The van der Waals surface area contributed by atoms with Gasteiger partial charge < -0.3 is 25.4 Å². The number of halogens is 1. The molecular formula is C13H21INNaO6. The van der Waals surface area contributed by atoms with E-state index in [1.165, 1.54) is 36.4 Å². The van der Waals surface area contributed by atoms with Crippen LogP contribution < -0.4 is 40.0 Å². The molecule has 0 bridgehead atoms. The van der Waals surface area contributed by atoms with Crippen molar-refractivity contribution in [3.63, 3.8) is 0 Å². The third kappa shape index (κ3) is 6.40. The van der Waals surface area contributed by atoms with Crippen molar-refractivity contribution in [1.82, 2.24) is 5.32 Å². The molecule has 22 heavy (non-hydrogen) atoms. The van der Waals surface area contributed by atoms with Crippen LogP contribution in [0.25, 0.3) is 0 Å². The molecule has 0 heterocycles. The summed E-state index contributed by atoms with van der Waals surface area (Å²) in [5.74, 6) is -2.99. The van der Waals surface area contributed by atoms with Gasteiger partial charge in [-0.2, -0.15) is 0 Å². The van der Waals surface area contributed by atoms with E-state index in [4.69, 9.17) is 5.11 Å². The standard InChI is InChI=1S/C13H22INO6.Na/c1-4-5-8(17)13(14,11(20)21)6-15-10(19)9(18)12(2,3)7-16;/h9,16,18H,4-7H2,1-3H3,(H,15,19)(H,20,21);/q;+1/p-1/t9-,13?;/m0./s1. The summed E-state index contributed by atoms with van der Waals surface area (Å²) in [6.07, 6.45) is -0.992. The topological polar surface area (TPSA) is 127 Å². The number of ketones is 1. The van der Waals surface area contributed by atoms with Crippen LogP contribution in [0, 0.1) is 5.41 Å². The Labute approximate surface area is 165 Å². The predicted octanol–water partition coefficient (Wildman–Crippen LogP) is -4.22. The Morgan fingerprint density at radius 2 is 1.82 bits per heavy atom. The van der Waals surface area contributed by atoms with E-state index in [-0.39, 0.29) is 36.0 Å². The van der Waals surface area contributed by atoms with E-state index < -0.39 is 45.8 Å². The maximum absolute atomic E-state index is 11.9. The van der Waals surface area contributed by atoms with Gasteiger partial charge in [0.15, 0.2) is 5.78 Å². The largest absolute Gasteiger partial charge is 1.00 e. The van der Waals surface area contributed by atoms with Crippen LogP contribution >= 0.6 is 22.6 Å². The number of hydrogen-bond acceptors (Lipinski definition) is 6. The second kappa shape index (κ2) is 10.2. The van der Waals surface area contributed by atoms with Gasteiger partial charge in [-0.15, -0.1) is 0 Å². The molecular weight excluding hydrogens is 416 g/mol. The van der Waals surface area contributed by atoms with E-state index >= 15 is 0 Å². The van der Waals surface area contributed by atoms with Crippen molar-refractivity contribution in [2.75, 3.05) is 13.2 Å². The molecule has 9 heteroatoms. The van der Waals surface area contributed by atoms with Crippen molar-refractivity contribution in [2.24, 2.45) is 5.41 Å². The molecule has 0 saturated heterocycles. The van der Waals surface area contributed by atoms with Crippen LogP contribution in [-0.4, -0.2) is 50.6 Å². The second-order valence-electron chi connectivity index (χ2n) is 5.53. The number of carboxylic acids is 1. The van der Waals surface area contributed by atoms with Gasteiger partial charge >= 0.3 is 29.6 Å². The van der Waals surface area contributed by atoms with Crippen molar-refractivity contribution in [1.29, 1.82) is 0 Å². The van der Waals surface area contributed by atoms with Crippen LogP contribution in [-0.2, 0) is 14.4 Å². The fourth-order valence-corrected chi connectivity index (χ4v) is 1.92. The maximum Gasteiger partial charge on any atom is 1.00 e. The zero-order valence-electron chi connectivity index (χ0n) is 13.3. The number of hydrogen-bond donors (Lipinski definition) is 3. The average Bonchev–Trinajstić information content (AvgIpc) is 2.43. The second-order valence-corrected chi connectivity index (χ2v) is 7.37. The summed E-state index contributed by atoms with van der Waals surface area (Å²) < 4.78 is -1.87. The molecule has 0 spiro atoms. The summed E-state index contributed by atoms with van der Waals surface area (Å²) >= 11 is 1.44. The smallest absolute Gasteiger partial charge is 0.548 e. The SMILES string of the molecule is CCCC(=O)C(I)(CNC(=O)[C@H](O)C(C)(C)CO)C(=O)[O-].[Na+]. The number of aliphatic carboxylic acids is 1. The number of Topliss-reactive ketones (excluding diaryl/α,β-unsaturated/α-hetero) is 1. The number of nitrogens with one attached hydrogen (secondary N) is 1. The van der Waals surface area contributed by atoms with Crippen molar-refractivity contribution < 1.29 is 59.3 Å². The van der Waals surface area contributed by atoms with Crippen LogP contribution in [0.1, 0.15) is 33.6 Å². The van der Waals surface area contributed by atoms with Crippen LogP contribution in [0.15, 0.2) is 0 Å². The Bertz CT molecular complexity index is 417. The number of aliphatic hydroxyl groups excluding tert-OH is 2. The van der Waals surface area contributed by atoms with E-state index in [0.29, 0.717) is 6.42 Å². The number of carbonyl (C=O) groups excluding carboxylic acids is 3. The Morgan fingerprint density at radius 3 is 2.18 bits per heavy atom. The van der Waals surface area contributed by atoms with E-state index in [1.54, 1.807) is 6.92 Å². The van der Waals surface area contributed by atoms with Crippen molar-refractivity contribution in [3.8, 4) is 0 Å². The summed E-state index contributed by atoms with van der Waals surface area (Å²) in [6, 6.07) is 0. The van der Waals surface area contributed by atoms with Gasteiger partial charge in [-0.3, -0.25) is 9.59 Å². The summed E-state index contributed by atoms with van der Waals surface area (Å²) in [6.45, 7) is 3.79. The van der Waals surface area contributed by atoms with Gasteiger partial charge in [-0.1, -0.05) is 43.4 Å². The molecule has 0 aliphatic rings. The molecule has 0 rings (SSSR count). The quantitative estimate of drug-likeness (QED) is 0.145. The Kier molecular flexibility index (Phi) is 11.4. The summed E-state index contributed by atoms with van der Waals surface area (Å²) in [4.78, 5) is 34.8. The van der Waals surface area contributed by atoms with Gasteiger partial charge in [0.1, 0.15) is 9.53 Å². The summed E-state index contributed by atoms with van der Waals surface area (Å²) in [5.41, 5.74) is -1.08. The molecule has 1 unspecified atom stereocenters. The Balaban J connectivity index is 0. The number of carbonyl (C=O) groups is 3. The molecule has 7 nitrogen and oxygen atoms in total. The van der Waals surface area contributed by atoms with Gasteiger partial charge in [-0.05, 0) is 6.42 Å². The molecule has 0 fully saturated rings. The molecule has 122 valence electrons. The first-order chi connectivity index (χ1) is 9.52. The van der Waals surface area contributed by atoms with Gasteiger partial charge in [-0.25, -0.2) is 0 Å². The normalized spacial score (nSPS) is 15.2. The van der Waals surface area contributed by atoms with Crippen LogP contribution in [0.3, 0.4) is 0 Å². The number of aliphatic hydroxyl groups is 2. The maximum atomic E-state index is 11.9. The molecule has 0 aliphatic carbocycles. The number of carboxylic acid groups (broad SMARTS) is 1. The first-order valence-corrected chi connectivity index (χ1v) is 7.61. The van der Waals surface area contributed by atoms with E-state index in [0.717, 1.165) is 0 Å². The Morgan fingerprint density at radius 1 is 1.32 bits per heavy atom. The third-order valence-electron chi connectivity index (χ3n) is 3.14. The summed E-state index contributed by atoms with van der Waals surface area (Å²) in [7, 11) is 0. The van der Waals surface area contributed by atoms with Crippen molar-refractivity contribution in [3.05, 3.63) is 0 Å². The van der Waals surface area contributed by atoms with E-state index in [9.17, 15) is 24.6 Å². The van der Waals surface area contributed by atoms with E-state index in [1.807, 2.05) is 0 Å². The van der Waals surface area contributed by atoms with Gasteiger partial charge in [0.25, 0.3) is 0 Å². The predicted molar refractivity (Wildman–Crippen MR) is 81.6 cm³/mol.